The van der Waals surface area contributed by atoms with Gasteiger partial charge in [-0.15, -0.1) is 13.2 Å². The van der Waals surface area contributed by atoms with Gasteiger partial charge < -0.3 is 9.71 Å². The van der Waals surface area contributed by atoms with Gasteiger partial charge in [-0.3, -0.25) is 0 Å². The summed E-state index contributed by atoms with van der Waals surface area (Å²) in [4.78, 5) is 4.47. The maximum absolute atomic E-state index is 4.11. The van der Waals surface area contributed by atoms with Crippen LogP contribution in [0.2, 0.25) is 0 Å². The molecule has 1 fully saturated rings. The van der Waals surface area contributed by atoms with Crippen LogP contribution in [-0.4, -0.2) is 4.98 Å². The smallest absolute Gasteiger partial charge is 0.0610 e. The lowest BCUT2D eigenvalue weighted by molar-refractivity contribution is 0.410. The summed E-state index contributed by atoms with van der Waals surface area (Å²) >= 11 is 1.63. The monoisotopic (exact) mass is 384 g/mol. The fourth-order valence-electron chi connectivity index (χ4n) is 3.12. The molecule has 0 spiro atoms. The lowest BCUT2D eigenvalue weighted by atomic mass is 9.89. The molecule has 1 aromatic carbocycles. The van der Waals surface area contributed by atoms with Gasteiger partial charge in [0.05, 0.1) is 10.4 Å². The molecule has 0 aliphatic heterocycles. The maximum atomic E-state index is 4.11. The van der Waals surface area contributed by atoms with Crippen LogP contribution in [0.25, 0.3) is 10.9 Å². The van der Waals surface area contributed by atoms with Crippen molar-refractivity contribution in [3.63, 3.8) is 0 Å². The molecule has 1 heterocycles. The molecule has 2 aromatic rings. The average molecular weight is 385 g/mol. The van der Waals surface area contributed by atoms with Crippen molar-refractivity contribution in [3.8, 4) is 0 Å². The molecule has 3 rings (SSSR count). The highest BCUT2D eigenvalue weighted by atomic mass is 32.2. The van der Waals surface area contributed by atoms with Gasteiger partial charge in [0.15, 0.2) is 0 Å². The quantitative estimate of drug-likeness (QED) is 0.394. The minimum absolute atomic E-state index is 0. The predicted octanol–water partition coefficient (Wildman–Crippen LogP) is 7.74. The van der Waals surface area contributed by atoms with Crippen LogP contribution in [0, 0.1) is 17.3 Å². The van der Waals surface area contributed by atoms with E-state index in [4.69, 9.17) is 0 Å². The number of aromatic amines is 1. The Balaban J connectivity index is 0.000000350. The molecule has 2 nitrogen and oxygen atoms in total. The van der Waals surface area contributed by atoms with E-state index in [1.807, 2.05) is 12.3 Å². The zero-order valence-corrected chi connectivity index (χ0v) is 17.4. The van der Waals surface area contributed by atoms with E-state index in [2.05, 4.69) is 81.4 Å². The predicted molar refractivity (Wildman–Crippen MR) is 124 cm³/mol. The summed E-state index contributed by atoms with van der Waals surface area (Å²) in [5, 5.41) is 1.24. The molecule has 0 amide bonds. The Hall–Kier alpha value is -1.87. The number of hydrogen-bond acceptors (Lipinski definition) is 2. The third-order valence-electron chi connectivity index (χ3n) is 4.26. The second kappa shape index (κ2) is 9.89. The zero-order chi connectivity index (χ0) is 19.3. The van der Waals surface area contributed by atoms with Crippen LogP contribution in [0.4, 0.5) is 0 Å². The molecule has 2 atom stereocenters. The maximum Gasteiger partial charge on any atom is 0.0610 e. The Morgan fingerprint density at radius 2 is 2.00 bits per heavy atom. The first-order chi connectivity index (χ1) is 12.2. The molecule has 27 heavy (non-hydrogen) atoms. The molecule has 1 aliphatic carbocycles. The van der Waals surface area contributed by atoms with Gasteiger partial charge in [0, 0.05) is 23.2 Å². The van der Waals surface area contributed by atoms with E-state index in [9.17, 15) is 0 Å². The molecular weight excluding hydrogens is 348 g/mol. The fraction of sp³-hybridized carbons (Fsp3) is 0.417. The Bertz CT molecular complexity index is 779. The lowest BCUT2D eigenvalue weighted by Gasteiger charge is -2.17. The Labute approximate surface area is 170 Å². The van der Waals surface area contributed by atoms with Crippen molar-refractivity contribution in [1.29, 1.82) is 0 Å². The Morgan fingerprint density at radius 1 is 1.30 bits per heavy atom. The molecule has 1 aromatic heterocycles. The number of benzene rings is 1. The van der Waals surface area contributed by atoms with Crippen LogP contribution in [-0.2, 0) is 0 Å². The molecule has 0 saturated heterocycles. The van der Waals surface area contributed by atoms with E-state index < -0.39 is 0 Å². The van der Waals surface area contributed by atoms with Crippen LogP contribution in [0.15, 0.2) is 72.4 Å². The van der Waals surface area contributed by atoms with Gasteiger partial charge in [0.25, 0.3) is 0 Å². The van der Waals surface area contributed by atoms with E-state index >= 15 is 0 Å². The molecule has 1 unspecified atom stereocenters. The molecule has 148 valence electrons. The first-order valence-corrected chi connectivity index (χ1v) is 9.97. The minimum Gasteiger partial charge on any atom is -0.360 e. The summed E-state index contributed by atoms with van der Waals surface area (Å²) in [5.41, 5.74) is 3.98. The molecule has 0 bridgehead atoms. The topological polar surface area (TPSA) is 27.8 Å². The van der Waals surface area contributed by atoms with Crippen LogP contribution in [0.1, 0.15) is 48.0 Å². The summed E-state index contributed by atoms with van der Waals surface area (Å²) in [6, 6.07) is 8.39. The van der Waals surface area contributed by atoms with Crippen LogP contribution in [0.3, 0.4) is 0 Å². The van der Waals surface area contributed by atoms with E-state index in [0.29, 0.717) is 17.3 Å². The van der Waals surface area contributed by atoms with Crippen molar-refractivity contribution in [2.75, 3.05) is 0 Å². The van der Waals surface area contributed by atoms with Gasteiger partial charge in [-0.1, -0.05) is 58.6 Å². The summed E-state index contributed by atoms with van der Waals surface area (Å²) in [7, 11) is 0. The SMILES string of the molecule is C.C=C(C)CC(C)(C)C.C=C[C@@H]1CC1C(=C)NSc1cccc2cc[nH]c12. The summed E-state index contributed by atoms with van der Waals surface area (Å²) in [6.45, 7) is 20.5. The van der Waals surface area contributed by atoms with Gasteiger partial charge in [0.1, 0.15) is 0 Å². The average Bonchev–Trinajstić information content (AvgIpc) is 3.18. The Kier molecular flexibility index (Phi) is 8.49. The second-order valence-corrected chi connectivity index (χ2v) is 9.21. The van der Waals surface area contributed by atoms with Crippen molar-refractivity contribution in [3.05, 3.63) is 67.5 Å². The molecule has 3 heteroatoms. The number of para-hydroxylation sites is 1. The fourth-order valence-corrected chi connectivity index (χ4v) is 3.94. The number of allylic oxidation sites excluding steroid dienone is 3. The first-order valence-electron chi connectivity index (χ1n) is 9.16. The standard InChI is InChI=1S/C15H16N2S.C8H16.CH4/c1-3-11-9-13(11)10(2)17-18-14-6-4-5-12-7-8-16-15(12)14;1-7(2)6-8(3,4)5;/h3-8,11,13,16-17H,1-2,9H2;1,6H2,2-5H3;1H4/t11-,13?;;/m1../s1. The molecular formula is C24H36N2S. The number of H-pyrrole nitrogens is 1. The van der Waals surface area contributed by atoms with E-state index in [1.54, 1.807) is 11.9 Å². The van der Waals surface area contributed by atoms with E-state index in [1.165, 1.54) is 27.8 Å². The number of fused-ring (bicyclic) bond motifs is 1. The number of aromatic nitrogens is 1. The zero-order valence-electron chi connectivity index (χ0n) is 16.6. The third kappa shape index (κ3) is 7.34. The van der Waals surface area contributed by atoms with E-state index in [-0.39, 0.29) is 7.43 Å². The lowest BCUT2D eigenvalue weighted by Crippen LogP contribution is -2.04. The minimum atomic E-state index is 0. The summed E-state index contributed by atoms with van der Waals surface area (Å²) in [5.74, 6) is 1.18. The van der Waals surface area contributed by atoms with Crippen LogP contribution >= 0.6 is 11.9 Å². The second-order valence-electron chi connectivity index (χ2n) is 8.36. The van der Waals surface area contributed by atoms with E-state index in [0.717, 1.165) is 12.1 Å². The van der Waals surface area contributed by atoms with Gasteiger partial charge in [0.2, 0.25) is 0 Å². The van der Waals surface area contributed by atoms with Gasteiger partial charge in [-0.25, -0.2) is 0 Å². The Morgan fingerprint density at radius 3 is 2.52 bits per heavy atom. The molecule has 1 aliphatic rings. The van der Waals surface area contributed by atoms with Gasteiger partial charge in [-0.2, -0.15) is 0 Å². The summed E-state index contributed by atoms with van der Waals surface area (Å²) < 4.78 is 3.36. The highest BCUT2D eigenvalue weighted by molar-refractivity contribution is 7.97. The van der Waals surface area contributed by atoms with Crippen molar-refractivity contribution >= 4 is 22.9 Å². The van der Waals surface area contributed by atoms with Crippen molar-refractivity contribution < 1.29 is 0 Å². The summed E-state index contributed by atoms with van der Waals surface area (Å²) in [6.07, 6.45) is 6.31. The largest absolute Gasteiger partial charge is 0.360 e. The molecule has 2 N–H and O–H groups in total. The van der Waals surface area contributed by atoms with Crippen molar-refractivity contribution in [1.82, 2.24) is 9.71 Å². The molecule has 1 saturated carbocycles. The highest BCUT2D eigenvalue weighted by Gasteiger charge is 2.36. The van der Waals surface area contributed by atoms with Crippen molar-refractivity contribution in [2.24, 2.45) is 17.3 Å². The van der Waals surface area contributed by atoms with Crippen molar-refractivity contribution in [2.45, 2.75) is 52.9 Å². The van der Waals surface area contributed by atoms with Gasteiger partial charge in [-0.05, 0) is 55.2 Å². The number of nitrogens with one attached hydrogen (secondary N) is 2. The highest BCUT2D eigenvalue weighted by Crippen LogP contribution is 2.44. The number of rotatable bonds is 6. The van der Waals surface area contributed by atoms with Gasteiger partial charge >= 0.3 is 0 Å². The third-order valence-corrected chi connectivity index (χ3v) is 5.19. The first kappa shape index (κ1) is 23.2. The van der Waals surface area contributed by atoms with Crippen LogP contribution in [0.5, 0.6) is 0 Å². The molecule has 0 radical (unpaired) electrons. The normalized spacial score (nSPS) is 17.9. The van der Waals surface area contributed by atoms with Crippen LogP contribution < -0.4 is 4.72 Å². The number of hydrogen-bond donors (Lipinski definition) is 2.